The topological polar surface area (TPSA) is 69.7 Å². The van der Waals surface area contributed by atoms with Gasteiger partial charge in [-0.3, -0.25) is 4.79 Å². The number of rotatable bonds is 5. The van der Waals surface area contributed by atoms with E-state index in [1.807, 2.05) is 11.0 Å². The zero-order valence-electron chi connectivity index (χ0n) is 15.3. The maximum absolute atomic E-state index is 12.8. The highest BCUT2D eigenvalue weighted by molar-refractivity contribution is 7.89. The maximum atomic E-state index is 12.8. The molecule has 1 amide bonds. The SMILES string of the molecule is O=C(CCC1CCNCC1)N1CCCN(S(=O)(=O)c2ccccc2)CC1. The molecular weight excluding hydrogens is 350 g/mol. The molecule has 6 nitrogen and oxygen atoms in total. The lowest BCUT2D eigenvalue weighted by Crippen LogP contribution is -2.37. The van der Waals surface area contributed by atoms with Crippen molar-refractivity contribution >= 4 is 15.9 Å². The first-order valence-electron chi connectivity index (χ1n) is 9.61. The summed E-state index contributed by atoms with van der Waals surface area (Å²) >= 11 is 0. The van der Waals surface area contributed by atoms with Crippen molar-refractivity contribution in [1.82, 2.24) is 14.5 Å². The first-order valence-corrected chi connectivity index (χ1v) is 11.0. The Kier molecular flexibility index (Phi) is 6.67. The fourth-order valence-electron chi connectivity index (χ4n) is 3.78. The average Bonchev–Trinajstić information content (AvgIpc) is 2.94. The van der Waals surface area contributed by atoms with Gasteiger partial charge in [-0.15, -0.1) is 0 Å². The standard InChI is InChI=1S/C19H29N3O3S/c23-19(8-7-17-9-11-20-12-10-17)21-13-4-14-22(16-15-21)26(24,25)18-5-2-1-3-6-18/h1-3,5-6,17,20H,4,7-16H2. The number of sulfonamides is 1. The predicted octanol–water partition coefficient (Wildman–Crippen LogP) is 1.69. The largest absolute Gasteiger partial charge is 0.341 e. The van der Waals surface area contributed by atoms with Crippen LogP contribution in [0.5, 0.6) is 0 Å². The second kappa shape index (κ2) is 8.97. The Labute approximate surface area is 156 Å². The van der Waals surface area contributed by atoms with E-state index in [4.69, 9.17) is 0 Å². The highest BCUT2D eigenvalue weighted by Crippen LogP contribution is 2.20. The summed E-state index contributed by atoms with van der Waals surface area (Å²) in [5, 5.41) is 3.35. The number of piperidine rings is 1. The van der Waals surface area contributed by atoms with Crippen molar-refractivity contribution < 1.29 is 13.2 Å². The summed E-state index contributed by atoms with van der Waals surface area (Å²) < 4.78 is 27.0. The number of carbonyl (C=O) groups is 1. The molecule has 0 atom stereocenters. The third kappa shape index (κ3) is 4.84. The van der Waals surface area contributed by atoms with Crippen LogP contribution in [0, 0.1) is 5.92 Å². The van der Waals surface area contributed by atoms with Gasteiger partial charge in [-0.25, -0.2) is 8.42 Å². The Balaban J connectivity index is 1.53. The Morgan fingerprint density at radius 3 is 2.50 bits per heavy atom. The molecule has 144 valence electrons. The minimum Gasteiger partial charge on any atom is -0.341 e. The van der Waals surface area contributed by atoms with Gasteiger partial charge in [-0.05, 0) is 56.8 Å². The number of nitrogens with zero attached hydrogens (tertiary/aromatic N) is 2. The minimum atomic E-state index is -3.48. The molecule has 0 aromatic heterocycles. The number of nitrogens with one attached hydrogen (secondary N) is 1. The summed E-state index contributed by atoms with van der Waals surface area (Å²) in [5.41, 5.74) is 0. The minimum absolute atomic E-state index is 0.169. The summed E-state index contributed by atoms with van der Waals surface area (Å²) in [6, 6.07) is 8.54. The van der Waals surface area contributed by atoms with E-state index in [1.165, 1.54) is 4.31 Å². The van der Waals surface area contributed by atoms with Gasteiger partial charge in [0.25, 0.3) is 0 Å². The molecule has 2 fully saturated rings. The molecule has 0 spiro atoms. The molecule has 2 aliphatic rings. The predicted molar refractivity (Wildman–Crippen MR) is 101 cm³/mol. The molecule has 7 heteroatoms. The van der Waals surface area contributed by atoms with Gasteiger partial charge in [-0.2, -0.15) is 4.31 Å². The van der Waals surface area contributed by atoms with E-state index >= 15 is 0 Å². The molecule has 3 rings (SSSR count). The van der Waals surface area contributed by atoms with E-state index < -0.39 is 10.0 Å². The normalized spacial score (nSPS) is 20.7. The van der Waals surface area contributed by atoms with E-state index in [0.29, 0.717) is 49.8 Å². The van der Waals surface area contributed by atoms with Crippen LogP contribution in [0.2, 0.25) is 0 Å². The summed E-state index contributed by atoms with van der Waals surface area (Å²) in [4.78, 5) is 14.7. The molecule has 26 heavy (non-hydrogen) atoms. The number of benzene rings is 1. The lowest BCUT2D eigenvalue weighted by Gasteiger charge is -2.25. The fraction of sp³-hybridized carbons (Fsp3) is 0.632. The van der Waals surface area contributed by atoms with Gasteiger partial charge < -0.3 is 10.2 Å². The van der Waals surface area contributed by atoms with E-state index in [9.17, 15) is 13.2 Å². The molecule has 2 aliphatic heterocycles. The third-order valence-electron chi connectivity index (χ3n) is 5.41. The number of carbonyl (C=O) groups excluding carboxylic acids is 1. The second-order valence-corrected chi connectivity index (χ2v) is 9.12. The van der Waals surface area contributed by atoms with E-state index in [-0.39, 0.29) is 5.91 Å². The maximum Gasteiger partial charge on any atom is 0.243 e. The molecule has 2 heterocycles. The van der Waals surface area contributed by atoms with Crippen molar-refractivity contribution in [3.8, 4) is 0 Å². The summed E-state index contributed by atoms with van der Waals surface area (Å²) in [6.45, 7) is 4.07. The van der Waals surface area contributed by atoms with E-state index in [0.717, 1.165) is 32.4 Å². The van der Waals surface area contributed by atoms with Gasteiger partial charge >= 0.3 is 0 Å². The van der Waals surface area contributed by atoms with Crippen molar-refractivity contribution in [2.75, 3.05) is 39.3 Å². The van der Waals surface area contributed by atoms with E-state index in [2.05, 4.69) is 5.32 Å². The molecular formula is C19H29N3O3S. The van der Waals surface area contributed by atoms with Crippen LogP contribution in [-0.2, 0) is 14.8 Å². The van der Waals surface area contributed by atoms with Crippen LogP contribution in [0.15, 0.2) is 35.2 Å². The molecule has 1 aromatic rings. The summed E-state index contributed by atoms with van der Waals surface area (Å²) in [6.07, 6.45) is 4.51. The lowest BCUT2D eigenvalue weighted by molar-refractivity contribution is -0.131. The first-order chi connectivity index (χ1) is 12.6. The molecule has 1 N–H and O–H groups in total. The molecule has 1 aromatic carbocycles. The van der Waals surface area contributed by atoms with Gasteiger partial charge in [0.05, 0.1) is 4.90 Å². The van der Waals surface area contributed by atoms with Crippen LogP contribution in [-0.4, -0.2) is 62.8 Å². The highest BCUT2D eigenvalue weighted by atomic mass is 32.2. The molecule has 0 radical (unpaired) electrons. The van der Waals surface area contributed by atoms with Crippen molar-refractivity contribution in [2.24, 2.45) is 5.92 Å². The quantitative estimate of drug-likeness (QED) is 0.845. The summed E-state index contributed by atoms with van der Waals surface area (Å²) in [5.74, 6) is 0.810. The van der Waals surface area contributed by atoms with Gasteiger partial charge in [0.15, 0.2) is 0 Å². The number of hydrogen-bond acceptors (Lipinski definition) is 4. The Morgan fingerprint density at radius 2 is 1.77 bits per heavy atom. The molecule has 0 aliphatic carbocycles. The average molecular weight is 380 g/mol. The van der Waals surface area contributed by atoms with Gasteiger partial charge in [0.1, 0.15) is 0 Å². The Hall–Kier alpha value is -1.44. The number of hydrogen-bond donors (Lipinski definition) is 1. The van der Waals surface area contributed by atoms with Crippen LogP contribution in [0.3, 0.4) is 0 Å². The Morgan fingerprint density at radius 1 is 1.04 bits per heavy atom. The van der Waals surface area contributed by atoms with Gasteiger partial charge in [0.2, 0.25) is 15.9 Å². The third-order valence-corrected chi connectivity index (χ3v) is 7.33. The fourth-order valence-corrected chi connectivity index (χ4v) is 5.27. The van der Waals surface area contributed by atoms with Crippen molar-refractivity contribution in [3.63, 3.8) is 0 Å². The second-order valence-electron chi connectivity index (χ2n) is 7.18. The molecule has 2 saturated heterocycles. The first kappa shape index (κ1) is 19.3. The molecule has 0 unspecified atom stereocenters. The monoisotopic (exact) mass is 379 g/mol. The summed E-state index contributed by atoms with van der Waals surface area (Å²) in [7, 11) is -3.48. The van der Waals surface area contributed by atoms with Crippen LogP contribution in [0.4, 0.5) is 0 Å². The number of amides is 1. The van der Waals surface area contributed by atoms with E-state index in [1.54, 1.807) is 24.3 Å². The molecule has 0 saturated carbocycles. The van der Waals surface area contributed by atoms with Crippen LogP contribution in [0.1, 0.15) is 32.1 Å². The zero-order valence-corrected chi connectivity index (χ0v) is 16.1. The molecule has 0 bridgehead atoms. The van der Waals surface area contributed by atoms with Crippen LogP contribution < -0.4 is 5.32 Å². The van der Waals surface area contributed by atoms with Crippen molar-refractivity contribution in [1.29, 1.82) is 0 Å². The lowest BCUT2D eigenvalue weighted by atomic mass is 9.93. The smallest absolute Gasteiger partial charge is 0.243 e. The van der Waals surface area contributed by atoms with Crippen molar-refractivity contribution in [3.05, 3.63) is 30.3 Å². The Bertz CT molecular complexity index is 687. The van der Waals surface area contributed by atoms with Crippen LogP contribution >= 0.6 is 0 Å². The van der Waals surface area contributed by atoms with Crippen molar-refractivity contribution in [2.45, 2.75) is 37.0 Å². The van der Waals surface area contributed by atoms with Gasteiger partial charge in [-0.1, -0.05) is 18.2 Å². The zero-order chi connectivity index (χ0) is 18.4. The highest BCUT2D eigenvalue weighted by Gasteiger charge is 2.28. The van der Waals surface area contributed by atoms with Crippen LogP contribution in [0.25, 0.3) is 0 Å². The van der Waals surface area contributed by atoms with Gasteiger partial charge in [0, 0.05) is 32.6 Å².